The van der Waals surface area contributed by atoms with E-state index in [1.165, 1.54) is 0 Å². The summed E-state index contributed by atoms with van der Waals surface area (Å²) in [4.78, 5) is 4.42. The molecular weight excluding hydrogens is 270 g/mol. The summed E-state index contributed by atoms with van der Waals surface area (Å²) >= 11 is 0. The highest BCUT2D eigenvalue weighted by Crippen LogP contribution is 2.28. The second kappa shape index (κ2) is 7.08. The zero-order valence-corrected chi connectivity index (χ0v) is 12.8. The summed E-state index contributed by atoms with van der Waals surface area (Å²) in [5.74, 6) is 2.56. The SMILES string of the molecule is CNC(C)CCc1nc(-c2cc(OC)cc(OC)c2)no1. The monoisotopic (exact) mass is 291 g/mol. The van der Waals surface area contributed by atoms with Gasteiger partial charge in [0.2, 0.25) is 11.7 Å². The summed E-state index contributed by atoms with van der Waals surface area (Å²) in [6, 6.07) is 5.93. The number of hydrogen-bond acceptors (Lipinski definition) is 6. The molecule has 0 fully saturated rings. The minimum absolute atomic E-state index is 0.414. The number of hydrogen-bond donors (Lipinski definition) is 1. The third-order valence-corrected chi connectivity index (χ3v) is 3.36. The zero-order chi connectivity index (χ0) is 15.2. The highest BCUT2D eigenvalue weighted by Gasteiger charge is 2.12. The molecular formula is C15H21N3O3. The molecule has 1 aromatic heterocycles. The maximum atomic E-state index is 5.29. The number of nitrogens with zero attached hydrogens (tertiary/aromatic N) is 2. The van der Waals surface area contributed by atoms with Crippen molar-refractivity contribution >= 4 is 0 Å². The van der Waals surface area contributed by atoms with Crippen LogP contribution < -0.4 is 14.8 Å². The Morgan fingerprint density at radius 1 is 1.19 bits per heavy atom. The first-order valence-electron chi connectivity index (χ1n) is 6.89. The van der Waals surface area contributed by atoms with Crippen molar-refractivity contribution < 1.29 is 14.0 Å². The van der Waals surface area contributed by atoms with Crippen LogP contribution in [0.4, 0.5) is 0 Å². The molecule has 6 nitrogen and oxygen atoms in total. The predicted molar refractivity (Wildman–Crippen MR) is 79.7 cm³/mol. The molecule has 1 unspecified atom stereocenters. The molecule has 1 heterocycles. The van der Waals surface area contributed by atoms with E-state index in [0.717, 1.165) is 18.4 Å². The topological polar surface area (TPSA) is 69.4 Å². The predicted octanol–water partition coefficient (Wildman–Crippen LogP) is 2.29. The Labute approximate surface area is 124 Å². The van der Waals surface area contributed by atoms with Gasteiger partial charge in [-0.25, -0.2) is 0 Å². The first-order valence-corrected chi connectivity index (χ1v) is 6.89. The van der Waals surface area contributed by atoms with Gasteiger partial charge in [-0.2, -0.15) is 4.98 Å². The summed E-state index contributed by atoms with van der Waals surface area (Å²) in [6.07, 6.45) is 1.69. The average molecular weight is 291 g/mol. The van der Waals surface area contributed by atoms with Crippen molar-refractivity contribution in [2.75, 3.05) is 21.3 Å². The second-order valence-corrected chi connectivity index (χ2v) is 4.84. The van der Waals surface area contributed by atoms with Crippen LogP contribution in [-0.2, 0) is 6.42 Å². The van der Waals surface area contributed by atoms with Gasteiger partial charge in [-0.15, -0.1) is 0 Å². The highest BCUT2D eigenvalue weighted by atomic mass is 16.5. The van der Waals surface area contributed by atoms with E-state index in [-0.39, 0.29) is 0 Å². The van der Waals surface area contributed by atoms with Crippen LogP contribution in [0.1, 0.15) is 19.2 Å². The van der Waals surface area contributed by atoms with Crippen LogP contribution in [0.25, 0.3) is 11.4 Å². The number of benzene rings is 1. The van der Waals surface area contributed by atoms with Crippen LogP contribution in [0, 0.1) is 0 Å². The van der Waals surface area contributed by atoms with Crippen molar-refractivity contribution in [3.8, 4) is 22.9 Å². The minimum Gasteiger partial charge on any atom is -0.497 e. The Morgan fingerprint density at radius 3 is 2.43 bits per heavy atom. The Hall–Kier alpha value is -2.08. The number of aryl methyl sites for hydroxylation is 1. The third-order valence-electron chi connectivity index (χ3n) is 3.36. The second-order valence-electron chi connectivity index (χ2n) is 4.84. The molecule has 0 saturated heterocycles. The Bertz CT molecular complexity index is 561. The van der Waals surface area contributed by atoms with Crippen LogP contribution >= 0.6 is 0 Å². The lowest BCUT2D eigenvalue weighted by molar-refractivity contribution is 0.369. The zero-order valence-electron chi connectivity index (χ0n) is 12.8. The molecule has 0 aliphatic carbocycles. The highest BCUT2D eigenvalue weighted by molar-refractivity contribution is 5.60. The van der Waals surface area contributed by atoms with Gasteiger partial charge in [0, 0.05) is 24.1 Å². The van der Waals surface area contributed by atoms with E-state index in [9.17, 15) is 0 Å². The fourth-order valence-electron chi connectivity index (χ4n) is 1.89. The van der Waals surface area contributed by atoms with Crippen molar-refractivity contribution in [3.63, 3.8) is 0 Å². The lowest BCUT2D eigenvalue weighted by Gasteiger charge is -2.06. The van der Waals surface area contributed by atoms with E-state index in [0.29, 0.717) is 29.3 Å². The summed E-state index contributed by atoms with van der Waals surface area (Å²) in [5.41, 5.74) is 0.808. The Kier molecular flexibility index (Phi) is 5.16. The Balaban J connectivity index is 2.17. The summed E-state index contributed by atoms with van der Waals surface area (Å²) in [7, 11) is 5.16. The average Bonchev–Trinajstić information content (AvgIpc) is 3.00. The van der Waals surface area contributed by atoms with Crippen LogP contribution in [0.15, 0.2) is 22.7 Å². The third kappa shape index (κ3) is 3.95. The maximum absolute atomic E-state index is 5.29. The van der Waals surface area contributed by atoms with E-state index in [2.05, 4.69) is 22.4 Å². The number of aromatic nitrogens is 2. The van der Waals surface area contributed by atoms with Gasteiger partial charge in [0.05, 0.1) is 14.2 Å². The first-order chi connectivity index (χ1) is 10.2. The van der Waals surface area contributed by atoms with Crippen molar-refractivity contribution in [1.29, 1.82) is 0 Å². The standard InChI is InChI=1S/C15H21N3O3/c1-10(16-2)5-6-14-17-15(18-21-14)11-7-12(19-3)9-13(8-11)20-4/h7-10,16H,5-6H2,1-4H3. The van der Waals surface area contributed by atoms with E-state index < -0.39 is 0 Å². The van der Waals surface area contributed by atoms with Crippen molar-refractivity contribution in [3.05, 3.63) is 24.1 Å². The number of rotatable bonds is 7. The molecule has 0 amide bonds. The largest absolute Gasteiger partial charge is 0.497 e. The van der Waals surface area contributed by atoms with E-state index >= 15 is 0 Å². The van der Waals surface area contributed by atoms with Crippen LogP contribution in [0.3, 0.4) is 0 Å². The van der Waals surface area contributed by atoms with Crippen LogP contribution in [0.2, 0.25) is 0 Å². The molecule has 1 N–H and O–H groups in total. The fraction of sp³-hybridized carbons (Fsp3) is 0.467. The molecule has 6 heteroatoms. The van der Waals surface area contributed by atoms with Crippen LogP contribution in [-0.4, -0.2) is 37.4 Å². The lowest BCUT2D eigenvalue weighted by atomic mass is 10.2. The lowest BCUT2D eigenvalue weighted by Crippen LogP contribution is -2.21. The molecule has 0 bridgehead atoms. The Morgan fingerprint density at radius 2 is 1.86 bits per heavy atom. The number of ether oxygens (including phenoxy) is 2. The summed E-state index contributed by atoms with van der Waals surface area (Å²) < 4.78 is 15.8. The summed E-state index contributed by atoms with van der Waals surface area (Å²) in [5, 5.41) is 7.20. The van der Waals surface area contributed by atoms with Gasteiger partial charge < -0.3 is 19.3 Å². The van der Waals surface area contributed by atoms with Gasteiger partial charge in [-0.05, 0) is 32.5 Å². The normalized spacial score (nSPS) is 12.2. The first kappa shape index (κ1) is 15.3. The molecule has 2 rings (SSSR count). The fourth-order valence-corrected chi connectivity index (χ4v) is 1.89. The molecule has 0 aliphatic heterocycles. The summed E-state index contributed by atoms with van der Waals surface area (Å²) in [6.45, 7) is 2.12. The molecule has 0 radical (unpaired) electrons. The number of methoxy groups -OCH3 is 2. The van der Waals surface area contributed by atoms with Gasteiger partial charge in [-0.1, -0.05) is 5.16 Å². The van der Waals surface area contributed by atoms with Gasteiger partial charge in [0.25, 0.3) is 0 Å². The van der Waals surface area contributed by atoms with Crippen molar-refractivity contribution in [1.82, 2.24) is 15.5 Å². The quantitative estimate of drug-likeness (QED) is 0.844. The molecule has 0 saturated carbocycles. The van der Waals surface area contributed by atoms with Gasteiger partial charge in [0.1, 0.15) is 11.5 Å². The van der Waals surface area contributed by atoms with Crippen LogP contribution in [0.5, 0.6) is 11.5 Å². The molecule has 21 heavy (non-hydrogen) atoms. The molecule has 114 valence electrons. The molecule has 1 atom stereocenters. The number of nitrogens with one attached hydrogen (secondary N) is 1. The van der Waals surface area contributed by atoms with Gasteiger partial charge >= 0.3 is 0 Å². The molecule has 2 aromatic rings. The van der Waals surface area contributed by atoms with E-state index in [1.807, 2.05) is 19.2 Å². The molecule has 0 aliphatic rings. The van der Waals surface area contributed by atoms with E-state index in [4.69, 9.17) is 14.0 Å². The maximum Gasteiger partial charge on any atom is 0.227 e. The van der Waals surface area contributed by atoms with Gasteiger partial charge in [0.15, 0.2) is 0 Å². The van der Waals surface area contributed by atoms with E-state index in [1.54, 1.807) is 20.3 Å². The smallest absolute Gasteiger partial charge is 0.227 e. The van der Waals surface area contributed by atoms with Crippen molar-refractivity contribution in [2.24, 2.45) is 0 Å². The van der Waals surface area contributed by atoms with Gasteiger partial charge in [-0.3, -0.25) is 0 Å². The molecule has 0 spiro atoms. The van der Waals surface area contributed by atoms with Crippen molar-refractivity contribution in [2.45, 2.75) is 25.8 Å². The minimum atomic E-state index is 0.414. The molecule has 1 aromatic carbocycles.